The van der Waals surface area contributed by atoms with Crippen LogP contribution < -0.4 is 5.63 Å². The van der Waals surface area contributed by atoms with Crippen molar-refractivity contribution in [3.8, 4) is 5.75 Å². The van der Waals surface area contributed by atoms with Gasteiger partial charge in [0.25, 0.3) is 0 Å². The summed E-state index contributed by atoms with van der Waals surface area (Å²) in [6.45, 7) is 3.60. The van der Waals surface area contributed by atoms with Crippen LogP contribution in [-0.4, -0.2) is 5.11 Å². The molecule has 0 unspecified atom stereocenters. The number of aryl methyl sites for hydroxylation is 2. The van der Waals surface area contributed by atoms with Gasteiger partial charge in [0.15, 0.2) is 0 Å². The lowest BCUT2D eigenvalue weighted by atomic mass is 10.1. The molecular formula is C11H10O3. The first-order chi connectivity index (χ1) is 6.59. The zero-order chi connectivity index (χ0) is 10.3. The Bertz CT molecular complexity index is 552. The highest BCUT2D eigenvalue weighted by Gasteiger charge is 2.08. The molecule has 0 saturated heterocycles. The third-order valence-corrected chi connectivity index (χ3v) is 2.25. The van der Waals surface area contributed by atoms with Gasteiger partial charge in [-0.1, -0.05) is 6.07 Å². The van der Waals surface area contributed by atoms with E-state index < -0.39 is 5.63 Å². The van der Waals surface area contributed by atoms with E-state index in [1.807, 2.05) is 6.92 Å². The van der Waals surface area contributed by atoms with Gasteiger partial charge in [-0.3, -0.25) is 0 Å². The van der Waals surface area contributed by atoms with Gasteiger partial charge >= 0.3 is 5.63 Å². The fraction of sp³-hybridized carbons (Fsp3) is 0.182. The second-order valence-electron chi connectivity index (χ2n) is 3.33. The van der Waals surface area contributed by atoms with E-state index in [0.29, 0.717) is 5.76 Å². The van der Waals surface area contributed by atoms with Crippen molar-refractivity contribution >= 4 is 10.8 Å². The first-order valence-electron chi connectivity index (χ1n) is 4.32. The minimum Gasteiger partial charge on any atom is -0.507 e. The van der Waals surface area contributed by atoms with Gasteiger partial charge in [-0.2, -0.15) is 0 Å². The van der Waals surface area contributed by atoms with E-state index in [1.54, 1.807) is 19.1 Å². The van der Waals surface area contributed by atoms with E-state index >= 15 is 0 Å². The van der Waals surface area contributed by atoms with Gasteiger partial charge in [0.1, 0.15) is 16.9 Å². The summed E-state index contributed by atoms with van der Waals surface area (Å²) >= 11 is 0. The number of hydrogen-bond donors (Lipinski definition) is 1. The molecule has 0 saturated carbocycles. The molecular weight excluding hydrogens is 180 g/mol. The molecule has 0 aliphatic rings. The fourth-order valence-electron chi connectivity index (χ4n) is 1.54. The standard InChI is InChI=1S/C11H10O3/c1-6-3-4-9(12)10-8(6)5-7(2)14-11(10)13/h3-5,12H,1-2H3. The molecule has 0 bridgehead atoms. The Hall–Kier alpha value is -1.77. The zero-order valence-electron chi connectivity index (χ0n) is 8.00. The molecule has 3 heteroatoms. The van der Waals surface area contributed by atoms with Gasteiger partial charge in [0.05, 0.1) is 0 Å². The van der Waals surface area contributed by atoms with Crippen molar-refractivity contribution < 1.29 is 9.52 Å². The number of phenolic OH excluding ortho intramolecular Hbond substituents is 1. The number of aromatic hydroxyl groups is 1. The Balaban J connectivity index is 3.08. The van der Waals surface area contributed by atoms with Crippen LogP contribution in [0.5, 0.6) is 5.75 Å². The molecule has 3 nitrogen and oxygen atoms in total. The quantitative estimate of drug-likeness (QED) is 0.692. The van der Waals surface area contributed by atoms with Crippen LogP contribution in [0.25, 0.3) is 10.8 Å². The number of phenols is 1. The Morgan fingerprint density at radius 1 is 1.29 bits per heavy atom. The highest BCUT2D eigenvalue weighted by atomic mass is 16.4. The summed E-state index contributed by atoms with van der Waals surface area (Å²) in [5.41, 5.74) is 0.468. The van der Waals surface area contributed by atoms with Crippen LogP contribution in [0.4, 0.5) is 0 Å². The molecule has 2 aromatic rings. The van der Waals surface area contributed by atoms with Crippen LogP contribution in [0.3, 0.4) is 0 Å². The molecule has 72 valence electrons. The lowest BCUT2D eigenvalue weighted by Gasteiger charge is -2.03. The summed E-state index contributed by atoms with van der Waals surface area (Å²) in [4.78, 5) is 11.4. The van der Waals surface area contributed by atoms with Gasteiger partial charge in [0.2, 0.25) is 0 Å². The largest absolute Gasteiger partial charge is 0.507 e. The maximum absolute atomic E-state index is 11.4. The summed E-state index contributed by atoms with van der Waals surface area (Å²) in [7, 11) is 0. The highest BCUT2D eigenvalue weighted by Crippen LogP contribution is 2.24. The van der Waals surface area contributed by atoms with E-state index in [2.05, 4.69) is 0 Å². The predicted octanol–water partition coefficient (Wildman–Crippen LogP) is 2.12. The van der Waals surface area contributed by atoms with Gasteiger partial charge in [-0.05, 0) is 36.9 Å². The predicted molar refractivity (Wildman–Crippen MR) is 53.6 cm³/mol. The van der Waals surface area contributed by atoms with Crippen molar-refractivity contribution in [3.63, 3.8) is 0 Å². The van der Waals surface area contributed by atoms with Crippen LogP contribution in [0.15, 0.2) is 27.4 Å². The number of benzene rings is 1. The van der Waals surface area contributed by atoms with E-state index in [1.165, 1.54) is 6.07 Å². The molecule has 0 fully saturated rings. The molecule has 0 amide bonds. The second kappa shape index (κ2) is 2.87. The number of fused-ring (bicyclic) bond motifs is 1. The number of hydrogen-bond acceptors (Lipinski definition) is 3. The van der Waals surface area contributed by atoms with E-state index in [0.717, 1.165) is 10.9 Å². The fourth-order valence-corrected chi connectivity index (χ4v) is 1.54. The third kappa shape index (κ3) is 1.18. The summed E-state index contributed by atoms with van der Waals surface area (Å²) in [5, 5.41) is 10.5. The van der Waals surface area contributed by atoms with Crippen molar-refractivity contribution in [2.45, 2.75) is 13.8 Å². The summed E-state index contributed by atoms with van der Waals surface area (Å²) < 4.78 is 4.91. The minimum absolute atomic E-state index is 0.0284. The van der Waals surface area contributed by atoms with E-state index in [4.69, 9.17) is 4.42 Å². The van der Waals surface area contributed by atoms with Crippen molar-refractivity contribution in [3.05, 3.63) is 39.9 Å². The molecule has 1 aromatic heterocycles. The van der Waals surface area contributed by atoms with Crippen LogP contribution in [0.2, 0.25) is 0 Å². The Labute approximate surface area is 80.6 Å². The normalized spacial score (nSPS) is 10.7. The molecule has 1 aromatic carbocycles. The topological polar surface area (TPSA) is 50.4 Å². The Morgan fingerprint density at radius 2 is 2.00 bits per heavy atom. The maximum atomic E-state index is 11.4. The monoisotopic (exact) mass is 190 g/mol. The first kappa shape index (κ1) is 8.81. The first-order valence-corrected chi connectivity index (χ1v) is 4.32. The zero-order valence-corrected chi connectivity index (χ0v) is 8.00. The van der Waals surface area contributed by atoms with Gasteiger partial charge in [0, 0.05) is 0 Å². The van der Waals surface area contributed by atoms with E-state index in [9.17, 15) is 9.90 Å². The van der Waals surface area contributed by atoms with Crippen molar-refractivity contribution in [1.82, 2.24) is 0 Å². The SMILES string of the molecule is Cc1cc2c(C)ccc(O)c2c(=O)o1. The van der Waals surface area contributed by atoms with Crippen LogP contribution >= 0.6 is 0 Å². The molecule has 0 atom stereocenters. The lowest BCUT2D eigenvalue weighted by molar-refractivity contribution is 0.466. The van der Waals surface area contributed by atoms with Gasteiger partial charge in [-0.15, -0.1) is 0 Å². The van der Waals surface area contributed by atoms with Crippen molar-refractivity contribution in [2.75, 3.05) is 0 Å². The average Bonchev–Trinajstić information content (AvgIpc) is 2.10. The molecule has 1 heterocycles. The Morgan fingerprint density at radius 3 is 2.71 bits per heavy atom. The van der Waals surface area contributed by atoms with Crippen LogP contribution in [0.1, 0.15) is 11.3 Å². The molecule has 14 heavy (non-hydrogen) atoms. The van der Waals surface area contributed by atoms with Crippen LogP contribution in [-0.2, 0) is 0 Å². The molecule has 0 aliphatic carbocycles. The lowest BCUT2D eigenvalue weighted by Crippen LogP contribution is -2.01. The van der Waals surface area contributed by atoms with Crippen molar-refractivity contribution in [1.29, 1.82) is 0 Å². The van der Waals surface area contributed by atoms with Gasteiger partial charge < -0.3 is 9.52 Å². The Kier molecular flexibility index (Phi) is 1.81. The smallest absolute Gasteiger partial charge is 0.347 e. The average molecular weight is 190 g/mol. The summed E-state index contributed by atoms with van der Waals surface area (Å²) in [6, 6.07) is 5.03. The highest BCUT2D eigenvalue weighted by molar-refractivity contribution is 5.89. The maximum Gasteiger partial charge on any atom is 0.347 e. The van der Waals surface area contributed by atoms with E-state index in [-0.39, 0.29) is 11.1 Å². The van der Waals surface area contributed by atoms with Crippen molar-refractivity contribution in [2.24, 2.45) is 0 Å². The third-order valence-electron chi connectivity index (χ3n) is 2.25. The van der Waals surface area contributed by atoms with Crippen LogP contribution in [0, 0.1) is 13.8 Å². The molecule has 2 rings (SSSR count). The molecule has 1 N–H and O–H groups in total. The summed E-state index contributed by atoms with van der Waals surface area (Å²) in [5.74, 6) is 0.524. The molecule has 0 radical (unpaired) electrons. The van der Waals surface area contributed by atoms with Gasteiger partial charge in [-0.25, -0.2) is 4.79 Å². The second-order valence-corrected chi connectivity index (χ2v) is 3.33. The molecule has 0 aliphatic heterocycles. The molecule has 0 spiro atoms. The summed E-state index contributed by atoms with van der Waals surface area (Å²) in [6.07, 6.45) is 0. The number of rotatable bonds is 0. The minimum atomic E-state index is -0.485.